The summed E-state index contributed by atoms with van der Waals surface area (Å²) in [5.74, 6) is -2.79. The van der Waals surface area contributed by atoms with E-state index < -0.39 is 33.7 Å². The Balaban J connectivity index is 1.62. The maximum Gasteiger partial charge on any atom is 0.264 e. The molecule has 0 saturated carbocycles. The predicted molar refractivity (Wildman–Crippen MR) is 127 cm³/mol. The van der Waals surface area contributed by atoms with E-state index >= 15 is 0 Å². The average molecular weight is 477 g/mol. The second-order valence-electron chi connectivity index (χ2n) is 7.38. The van der Waals surface area contributed by atoms with Crippen molar-refractivity contribution in [2.75, 3.05) is 10.0 Å². The third kappa shape index (κ3) is 4.57. The molecule has 1 heterocycles. The van der Waals surface area contributed by atoms with Crippen LogP contribution in [-0.4, -0.2) is 32.4 Å². The second-order valence-corrected chi connectivity index (χ2v) is 9.07. The van der Waals surface area contributed by atoms with Crippen LogP contribution in [0.25, 0.3) is 0 Å². The lowest BCUT2D eigenvalue weighted by atomic mass is 10.1. The summed E-state index contributed by atoms with van der Waals surface area (Å²) in [7, 11) is -3.97. The van der Waals surface area contributed by atoms with Crippen LogP contribution < -0.4 is 14.7 Å². The number of anilines is 2. The molecule has 0 bridgehead atoms. The molecule has 1 fully saturated rings. The van der Waals surface area contributed by atoms with E-state index in [-0.39, 0.29) is 4.90 Å². The highest BCUT2D eigenvalue weighted by Gasteiger charge is 2.46. The molecule has 0 aliphatic carbocycles. The number of amides is 3. The third-order valence-corrected chi connectivity index (χ3v) is 6.40. The first-order valence-corrected chi connectivity index (χ1v) is 11.7. The molecule has 3 aromatic rings. The van der Waals surface area contributed by atoms with E-state index in [0.29, 0.717) is 17.1 Å². The maximum absolute atomic E-state index is 13.3. The van der Waals surface area contributed by atoms with E-state index in [1.165, 1.54) is 40.5 Å². The first-order valence-electron chi connectivity index (χ1n) is 10.2. The first kappa shape index (κ1) is 22.9. The molecule has 10 heteroatoms. The zero-order valence-corrected chi connectivity index (χ0v) is 18.8. The van der Waals surface area contributed by atoms with Gasteiger partial charge in [0, 0.05) is 13.1 Å². The topological polar surface area (TPSA) is 116 Å². The van der Waals surface area contributed by atoms with Crippen LogP contribution in [0.5, 0.6) is 0 Å². The number of nitrogens with one attached hydrogen (secondary N) is 1. The molecule has 0 radical (unpaired) electrons. The highest BCUT2D eigenvalue weighted by Crippen LogP contribution is 2.31. The Hall–Kier alpha value is -4.31. The first-order chi connectivity index (χ1) is 16.3. The number of sulfonamides is 1. The normalized spacial score (nSPS) is 14.7. The summed E-state index contributed by atoms with van der Waals surface area (Å²) >= 11 is 0. The third-order valence-electron chi connectivity index (χ3n) is 4.95. The molecular formula is C24H20N4O5S. The van der Waals surface area contributed by atoms with Crippen LogP contribution in [0.4, 0.5) is 17.1 Å². The molecule has 1 N–H and O–H groups in total. The largest absolute Gasteiger partial charge is 0.274 e. The molecule has 9 nitrogen and oxygen atoms in total. The van der Waals surface area contributed by atoms with Gasteiger partial charge in [0.05, 0.1) is 22.0 Å². The molecule has 3 amide bonds. The maximum atomic E-state index is 13.3. The molecule has 172 valence electrons. The van der Waals surface area contributed by atoms with E-state index in [0.717, 1.165) is 6.92 Å². The molecule has 4 rings (SSSR count). The van der Waals surface area contributed by atoms with Crippen molar-refractivity contribution >= 4 is 51.0 Å². The lowest BCUT2D eigenvalue weighted by molar-refractivity contribution is -0.124. The Morgan fingerprint density at radius 2 is 1.29 bits per heavy atom. The molecule has 0 unspecified atom stereocenters. The molecule has 3 aromatic carbocycles. The number of hydrogen-bond donors (Lipinski definition) is 1. The number of rotatable bonds is 6. The quantitative estimate of drug-likeness (QED) is 0.434. The van der Waals surface area contributed by atoms with Crippen LogP contribution in [0.3, 0.4) is 0 Å². The Bertz CT molecular complexity index is 1300. The summed E-state index contributed by atoms with van der Waals surface area (Å²) in [6, 6.07) is 23.0. The summed E-state index contributed by atoms with van der Waals surface area (Å²) < 4.78 is 26.0. The van der Waals surface area contributed by atoms with E-state index in [1.807, 2.05) is 16.9 Å². The molecule has 34 heavy (non-hydrogen) atoms. The van der Waals surface area contributed by atoms with Gasteiger partial charge < -0.3 is 0 Å². The number of hydrazine groups is 1. The molecular weight excluding hydrogens is 456 g/mol. The summed E-state index contributed by atoms with van der Waals surface area (Å²) in [5.41, 5.74) is 1.41. The Morgan fingerprint density at radius 1 is 0.824 bits per heavy atom. The monoisotopic (exact) mass is 476 g/mol. The van der Waals surface area contributed by atoms with Crippen LogP contribution >= 0.6 is 0 Å². The van der Waals surface area contributed by atoms with Gasteiger partial charge in [-0.25, -0.2) is 23.2 Å². The number of aliphatic imine (C=N–C) groups is 1. The highest BCUT2D eigenvalue weighted by molar-refractivity contribution is 7.90. The van der Waals surface area contributed by atoms with Gasteiger partial charge in [0.2, 0.25) is 5.91 Å². The number of carbonyl (C=O) groups is 3. The lowest BCUT2D eigenvalue weighted by Gasteiger charge is -2.27. The highest BCUT2D eigenvalue weighted by atomic mass is 32.2. The smallest absolute Gasteiger partial charge is 0.264 e. The molecule has 1 saturated heterocycles. The summed E-state index contributed by atoms with van der Waals surface area (Å²) in [4.78, 5) is 41.7. The Kier molecular flexibility index (Phi) is 6.24. The van der Waals surface area contributed by atoms with E-state index in [2.05, 4.69) is 4.99 Å². The zero-order valence-electron chi connectivity index (χ0n) is 18.0. The molecule has 0 atom stereocenters. The fourth-order valence-electron chi connectivity index (χ4n) is 3.44. The summed E-state index contributed by atoms with van der Waals surface area (Å²) in [5, 5.41) is 2.63. The minimum absolute atomic E-state index is 0.111. The SMILES string of the molecule is CC(=O)NS(=O)(=O)c1ccc(N=CC2C(=O)N(c3ccccc3)N(c3ccccc3)C2=O)cc1. The second kappa shape index (κ2) is 9.28. The fraction of sp³-hybridized carbons (Fsp3) is 0.0833. The Morgan fingerprint density at radius 3 is 1.74 bits per heavy atom. The van der Waals surface area contributed by atoms with Crippen molar-refractivity contribution in [2.45, 2.75) is 11.8 Å². The average Bonchev–Trinajstić information content (AvgIpc) is 3.07. The van der Waals surface area contributed by atoms with Crippen molar-refractivity contribution in [3.8, 4) is 0 Å². The lowest BCUT2D eigenvalue weighted by Crippen LogP contribution is -2.41. The minimum atomic E-state index is -3.97. The fourth-order valence-corrected chi connectivity index (χ4v) is 4.43. The number of hydrogen-bond acceptors (Lipinski definition) is 6. The van der Waals surface area contributed by atoms with Crippen molar-refractivity contribution in [3.05, 3.63) is 84.9 Å². The summed E-state index contributed by atoms with van der Waals surface area (Å²) in [6.07, 6.45) is 1.25. The van der Waals surface area contributed by atoms with Gasteiger partial charge in [-0.3, -0.25) is 19.4 Å². The molecule has 0 spiro atoms. The van der Waals surface area contributed by atoms with E-state index in [4.69, 9.17) is 0 Å². The van der Waals surface area contributed by atoms with Crippen molar-refractivity contribution in [1.82, 2.24) is 4.72 Å². The van der Waals surface area contributed by atoms with Crippen LogP contribution in [-0.2, 0) is 24.4 Å². The standard InChI is InChI=1S/C24H20N4O5S/c1-17(29)26-34(32,33)21-14-12-18(13-15-21)25-16-22-23(30)27(19-8-4-2-5-9-19)28(24(22)31)20-10-6-3-7-11-20/h2-16,22H,1H3,(H,26,29). The van der Waals surface area contributed by atoms with Crippen LogP contribution in [0, 0.1) is 5.92 Å². The number of carbonyl (C=O) groups excluding carboxylic acids is 3. The van der Waals surface area contributed by atoms with Crippen LogP contribution in [0.1, 0.15) is 6.92 Å². The van der Waals surface area contributed by atoms with Gasteiger partial charge in [-0.2, -0.15) is 0 Å². The van der Waals surface area contributed by atoms with Crippen molar-refractivity contribution in [1.29, 1.82) is 0 Å². The van der Waals surface area contributed by atoms with Crippen molar-refractivity contribution < 1.29 is 22.8 Å². The molecule has 0 aromatic heterocycles. The van der Waals surface area contributed by atoms with Crippen molar-refractivity contribution in [3.63, 3.8) is 0 Å². The Labute approximate surface area is 196 Å². The zero-order chi connectivity index (χ0) is 24.3. The number of nitrogens with zero attached hydrogens (tertiary/aromatic N) is 3. The van der Waals surface area contributed by atoms with E-state index in [1.54, 1.807) is 48.5 Å². The molecule has 1 aliphatic rings. The summed E-state index contributed by atoms with van der Waals surface area (Å²) in [6.45, 7) is 1.10. The predicted octanol–water partition coefficient (Wildman–Crippen LogP) is 2.82. The number of benzene rings is 3. The van der Waals surface area contributed by atoms with Crippen LogP contribution in [0.2, 0.25) is 0 Å². The van der Waals surface area contributed by atoms with Gasteiger partial charge in [-0.05, 0) is 48.5 Å². The van der Waals surface area contributed by atoms with Gasteiger partial charge in [0.1, 0.15) is 0 Å². The van der Waals surface area contributed by atoms with Crippen molar-refractivity contribution in [2.24, 2.45) is 10.9 Å². The van der Waals surface area contributed by atoms with Gasteiger partial charge in [-0.15, -0.1) is 0 Å². The van der Waals surface area contributed by atoms with Gasteiger partial charge in [-0.1, -0.05) is 36.4 Å². The van der Waals surface area contributed by atoms with Crippen LogP contribution in [0.15, 0.2) is 94.8 Å². The minimum Gasteiger partial charge on any atom is -0.274 e. The molecule has 1 aliphatic heterocycles. The van der Waals surface area contributed by atoms with Gasteiger partial charge in [0.15, 0.2) is 5.92 Å². The number of para-hydroxylation sites is 2. The van der Waals surface area contributed by atoms with E-state index in [9.17, 15) is 22.8 Å². The van der Waals surface area contributed by atoms with Gasteiger partial charge >= 0.3 is 0 Å². The van der Waals surface area contributed by atoms with Gasteiger partial charge in [0.25, 0.3) is 21.8 Å².